The van der Waals surface area contributed by atoms with E-state index in [-0.39, 0.29) is 16.2 Å². The maximum Gasteiger partial charge on any atom is 0.216 e. The van der Waals surface area contributed by atoms with Gasteiger partial charge in [0.25, 0.3) is 0 Å². The third-order valence-corrected chi connectivity index (χ3v) is 3.49. The average molecular weight is 341 g/mol. The monoisotopic (exact) mass is 341 g/mol. The minimum atomic E-state index is -1.24. The molecule has 120 valence electrons. The van der Waals surface area contributed by atoms with Gasteiger partial charge in [-0.05, 0) is 47.6 Å². The molecule has 0 bridgehead atoms. The minimum Gasteiger partial charge on any atom is -0.545 e. The van der Waals surface area contributed by atoms with Gasteiger partial charge in [-0.25, -0.2) is 9.49 Å². The van der Waals surface area contributed by atoms with Crippen molar-refractivity contribution in [3.05, 3.63) is 70.2 Å². The maximum absolute atomic E-state index is 13.0. The number of hydrogen-bond acceptors (Lipinski definition) is 5. The summed E-state index contributed by atoms with van der Waals surface area (Å²) in [6.07, 6.45) is 1.51. The first-order valence-corrected chi connectivity index (χ1v) is 7.24. The lowest BCUT2D eigenvalue weighted by Gasteiger charge is -2.02. The number of aromatic amines is 1. The van der Waals surface area contributed by atoms with Crippen molar-refractivity contribution in [1.82, 2.24) is 14.9 Å². The summed E-state index contributed by atoms with van der Waals surface area (Å²) in [5, 5.41) is 21.7. The second-order valence-corrected chi connectivity index (χ2v) is 5.21. The predicted octanol–water partition coefficient (Wildman–Crippen LogP) is 1.99. The van der Waals surface area contributed by atoms with E-state index in [0.717, 1.165) is 0 Å². The minimum absolute atomic E-state index is 0.0825. The lowest BCUT2D eigenvalue weighted by Crippen LogP contribution is -2.21. The first-order valence-electron chi connectivity index (χ1n) is 6.84. The molecule has 0 amide bonds. The third kappa shape index (κ3) is 3.28. The zero-order chi connectivity index (χ0) is 17.1. The summed E-state index contributed by atoms with van der Waals surface area (Å²) in [4.78, 5) is 10.7. The van der Waals surface area contributed by atoms with Crippen molar-refractivity contribution in [3.8, 4) is 11.4 Å². The highest BCUT2D eigenvalue weighted by Gasteiger charge is 2.08. The highest BCUT2D eigenvalue weighted by atomic mass is 32.1. The number of aromatic nitrogens is 3. The largest absolute Gasteiger partial charge is 0.545 e. The Morgan fingerprint density at radius 2 is 1.88 bits per heavy atom. The topological polar surface area (TPSA) is 86.1 Å². The van der Waals surface area contributed by atoms with Crippen LogP contribution in [0.2, 0.25) is 0 Å². The smallest absolute Gasteiger partial charge is 0.216 e. The molecule has 6 nitrogen and oxygen atoms in total. The van der Waals surface area contributed by atoms with Crippen molar-refractivity contribution in [2.45, 2.75) is 0 Å². The van der Waals surface area contributed by atoms with Crippen molar-refractivity contribution in [2.24, 2.45) is 5.10 Å². The van der Waals surface area contributed by atoms with E-state index in [2.05, 4.69) is 15.3 Å². The Hall–Kier alpha value is -3.13. The molecule has 8 heteroatoms. The molecule has 0 radical (unpaired) electrons. The van der Waals surface area contributed by atoms with Crippen molar-refractivity contribution < 1.29 is 14.3 Å². The second kappa shape index (κ2) is 6.55. The molecule has 0 fully saturated rings. The van der Waals surface area contributed by atoms with E-state index in [0.29, 0.717) is 17.0 Å². The number of carbonyl (C=O) groups excluding carboxylic acids is 1. The quantitative estimate of drug-likeness (QED) is 0.581. The normalized spacial score (nSPS) is 11.0. The van der Waals surface area contributed by atoms with Gasteiger partial charge >= 0.3 is 0 Å². The number of H-pyrrole nitrogens is 1. The number of carboxylic acids is 1. The van der Waals surface area contributed by atoms with Gasteiger partial charge in [-0.2, -0.15) is 14.9 Å². The molecular weight excluding hydrogens is 331 g/mol. The van der Waals surface area contributed by atoms with Gasteiger partial charge in [0.15, 0.2) is 5.82 Å². The fourth-order valence-corrected chi connectivity index (χ4v) is 2.19. The summed E-state index contributed by atoms with van der Waals surface area (Å²) < 4.78 is 14.7. The van der Waals surface area contributed by atoms with Crippen LogP contribution in [-0.4, -0.2) is 27.1 Å². The van der Waals surface area contributed by atoms with Crippen molar-refractivity contribution in [3.63, 3.8) is 0 Å². The molecule has 1 aromatic heterocycles. The van der Waals surface area contributed by atoms with Gasteiger partial charge in [-0.3, -0.25) is 0 Å². The van der Waals surface area contributed by atoms with Crippen LogP contribution in [0, 0.1) is 10.6 Å². The molecule has 1 heterocycles. The van der Waals surface area contributed by atoms with Gasteiger partial charge in [0, 0.05) is 5.56 Å². The van der Waals surface area contributed by atoms with Gasteiger partial charge in [-0.15, -0.1) is 0 Å². The molecule has 3 rings (SSSR count). The van der Waals surface area contributed by atoms with Crippen molar-refractivity contribution in [1.29, 1.82) is 0 Å². The maximum atomic E-state index is 13.0. The molecular formula is C16H10FN4O2S-. The Morgan fingerprint density at radius 3 is 2.50 bits per heavy atom. The molecule has 3 aromatic rings. The SMILES string of the molecule is O=C([O-])c1ccc(/C=N\n2c(-c3ccc(F)cc3)n[nH]c2=S)cc1. The summed E-state index contributed by atoms with van der Waals surface area (Å²) in [5.41, 5.74) is 1.40. The number of rotatable bonds is 4. The first kappa shape index (κ1) is 15.8. The summed E-state index contributed by atoms with van der Waals surface area (Å²) in [7, 11) is 0. The molecule has 0 saturated heterocycles. The molecule has 0 saturated carbocycles. The fourth-order valence-electron chi connectivity index (χ4n) is 2.01. The van der Waals surface area contributed by atoms with Crippen LogP contribution >= 0.6 is 12.2 Å². The fraction of sp³-hybridized carbons (Fsp3) is 0. The van der Waals surface area contributed by atoms with Crippen molar-refractivity contribution >= 4 is 24.4 Å². The van der Waals surface area contributed by atoms with Crippen LogP contribution in [-0.2, 0) is 0 Å². The number of halogens is 1. The molecule has 2 aromatic carbocycles. The van der Waals surface area contributed by atoms with Crippen LogP contribution < -0.4 is 5.11 Å². The standard InChI is InChI=1S/C16H11FN4O2S/c17-13-7-5-11(6-8-13)14-19-20-16(24)21(14)18-9-10-1-3-12(4-2-10)15(22)23/h1-9H,(H,20,24)(H,22,23)/p-1/b18-9-. The second-order valence-electron chi connectivity index (χ2n) is 4.83. The van der Waals surface area contributed by atoms with Crippen molar-refractivity contribution in [2.75, 3.05) is 0 Å². The Balaban J connectivity index is 1.92. The number of carbonyl (C=O) groups is 1. The summed E-state index contributed by atoms with van der Waals surface area (Å²) in [6, 6.07) is 11.8. The lowest BCUT2D eigenvalue weighted by molar-refractivity contribution is -0.255. The van der Waals surface area contributed by atoms with E-state index < -0.39 is 5.97 Å². The van der Waals surface area contributed by atoms with Gasteiger partial charge in [0.05, 0.1) is 12.2 Å². The van der Waals surface area contributed by atoms with Crippen LogP contribution in [0.4, 0.5) is 4.39 Å². The zero-order valence-electron chi connectivity index (χ0n) is 12.1. The summed E-state index contributed by atoms with van der Waals surface area (Å²) >= 11 is 5.14. The number of benzene rings is 2. The molecule has 24 heavy (non-hydrogen) atoms. The number of hydrogen-bond donors (Lipinski definition) is 1. The number of aromatic carboxylic acids is 1. The predicted molar refractivity (Wildman–Crippen MR) is 86.6 cm³/mol. The van der Waals surface area contributed by atoms with Crippen LogP contribution in [0.15, 0.2) is 53.6 Å². The Morgan fingerprint density at radius 1 is 1.21 bits per heavy atom. The summed E-state index contributed by atoms with van der Waals surface area (Å²) in [5.74, 6) is -1.16. The van der Waals surface area contributed by atoms with E-state index in [1.807, 2.05) is 0 Å². The molecule has 0 aliphatic rings. The zero-order valence-corrected chi connectivity index (χ0v) is 13.0. The Labute approximate surface area is 140 Å². The number of nitrogens with zero attached hydrogens (tertiary/aromatic N) is 3. The average Bonchev–Trinajstić information content (AvgIpc) is 2.95. The molecule has 1 N–H and O–H groups in total. The highest BCUT2D eigenvalue weighted by molar-refractivity contribution is 7.71. The molecule has 0 unspecified atom stereocenters. The van der Waals surface area contributed by atoms with Gasteiger partial charge in [0.1, 0.15) is 5.82 Å². The lowest BCUT2D eigenvalue weighted by atomic mass is 10.1. The first-order chi connectivity index (χ1) is 11.5. The molecule has 0 aliphatic carbocycles. The van der Waals surface area contributed by atoms with Crippen LogP contribution in [0.3, 0.4) is 0 Å². The number of nitrogens with one attached hydrogen (secondary N) is 1. The van der Waals surface area contributed by atoms with E-state index >= 15 is 0 Å². The van der Waals surface area contributed by atoms with Crippen LogP contribution in [0.5, 0.6) is 0 Å². The molecule has 0 aliphatic heterocycles. The van der Waals surface area contributed by atoms with E-state index in [1.165, 1.54) is 35.2 Å². The highest BCUT2D eigenvalue weighted by Crippen LogP contribution is 2.17. The van der Waals surface area contributed by atoms with E-state index in [1.54, 1.807) is 24.3 Å². The summed E-state index contributed by atoms with van der Waals surface area (Å²) in [6.45, 7) is 0. The van der Waals surface area contributed by atoms with Crippen LogP contribution in [0.25, 0.3) is 11.4 Å². The van der Waals surface area contributed by atoms with E-state index in [9.17, 15) is 14.3 Å². The Kier molecular flexibility index (Phi) is 4.30. The van der Waals surface area contributed by atoms with Crippen LogP contribution in [0.1, 0.15) is 15.9 Å². The van der Waals surface area contributed by atoms with Gasteiger partial charge in [0.2, 0.25) is 4.77 Å². The van der Waals surface area contributed by atoms with E-state index in [4.69, 9.17) is 12.2 Å². The molecule has 0 atom stereocenters. The Bertz CT molecular complexity index is 959. The number of carboxylic acid groups (broad SMARTS) is 1. The van der Waals surface area contributed by atoms with Gasteiger partial charge in [-0.1, -0.05) is 24.3 Å². The third-order valence-electron chi connectivity index (χ3n) is 3.22. The van der Waals surface area contributed by atoms with Gasteiger partial charge < -0.3 is 9.90 Å². The molecule has 0 spiro atoms.